The van der Waals surface area contributed by atoms with E-state index in [1.807, 2.05) is 17.0 Å². The maximum atomic E-state index is 11.1. The molecule has 0 saturated heterocycles. The summed E-state index contributed by atoms with van der Waals surface area (Å²) in [7, 11) is 3.24. The quantitative estimate of drug-likeness (QED) is 0.329. The van der Waals surface area contributed by atoms with E-state index in [1.165, 1.54) is 31.2 Å². The summed E-state index contributed by atoms with van der Waals surface area (Å²) in [4.78, 5) is 12.8. The number of hydrogen-bond acceptors (Lipinski definition) is 6. The van der Waals surface area contributed by atoms with Gasteiger partial charge in [0.1, 0.15) is 0 Å². The van der Waals surface area contributed by atoms with Crippen LogP contribution >= 0.6 is 0 Å². The Labute approximate surface area is 167 Å². The van der Waals surface area contributed by atoms with Crippen LogP contribution in [0, 0.1) is 10.1 Å². The first-order valence-corrected chi connectivity index (χ1v) is 10.2. The van der Waals surface area contributed by atoms with Gasteiger partial charge in [0.25, 0.3) is 6.20 Å². The molecule has 1 aromatic rings. The van der Waals surface area contributed by atoms with Crippen molar-refractivity contribution in [2.45, 2.75) is 58.4 Å². The summed E-state index contributed by atoms with van der Waals surface area (Å²) in [6.45, 7) is 4.30. The lowest BCUT2D eigenvalue weighted by molar-refractivity contribution is -0.404. The van der Waals surface area contributed by atoms with Gasteiger partial charge in [0, 0.05) is 19.6 Å². The molecule has 1 N–H and O–H groups in total. The van der Waals surface area contributed by atoms with Crippen LogP contribution < -0.4 is 14.8 Å². The average molecular weight is 392 g/mol. The fourth-order valence-electron chi connectivity index (χ4n) is 3.55. The van der Waals surface area contributed by atoms with Gasteiger partial charge in [-0.25, -0.2) is 0 Å². The summed E-state index contributed by atoms with van der Waals surface area (Å²) in [6, 6.07) is 3.98. The van der Waals surface area contributed by atoms with E-state index in [0.717, 1.165) is 49.9 Å². The molecule has 0 atom stereocenters. The smallest absolute Gasteiger partial charge is 0.274 e. The van der Waals surface area contributed by atoms with Gasteiger partial charge in [-0.15, -0.1) is 0 Å². The van der Waals surface area contributed by atoms with Gasteiger partial charge in [0.05, 0.1) is 19.1 Å². The van der Waals surface area contributed by atoms with Crippen LogP contribution in [-0.4, -0.2) is 37.1 Å². The second-order valence-electron chi connectivity index (χ2n) is 7.14. The maximum Gasteiger partial charge on any atom is 0.274 e. The number of nitrogens with zero attached hydrogens (tertiary/aromatic N) is 2. The Hall–Kier alpha value is -2.44. The van der Waals surface area contributed by atoms with Crippen molar-refractivity contribution in [3.05, 3.63) is 45.4 Å². The van der Waals surface area contributed by atoms with E-state index in [-0.39, 0.29) is 4.92 Å². The Morgan fingerprint density at radius 3 is 2.43 bits per heavy atom. The molecule has 2 rings (SSSR count). The van der Waals surface area contributed by atoms with Crippen molar-refractivity contribution < 1.29 is 14.4 Å². The highest BCUT2D eigenvalue weighted by Crippen LogP contribution is 2.33. The molecule has 28 heavy (non-hydrogen) atoms. The van der Waals surface area contributed by atoms with Gasteiger partial charge in [-0.1, -0.05) is 39.0 Å². The zero-order valence-corrected chi connectivity index (χ0v) is 17.3. The van der Waals surface area contributed by atoms with Crippen molar-refractivity contribution in [1.82, 2.24) is 10.2 Å². The van der Waals surface area contributed by atoms with Gasteiger partial charge in [-0.05, 0) is 36.1 Å². The Bertz CT molecular complexity index is 676. The zero-order chi connectivity index (χ0) is 20.4. The van der Waals surface area contributed by atoms with E-state index >= 15 is 0 Å². The second kappa shape index (κ2) is 11.4. The SMILES string of the molecule is CCCCCCCCN/C(=C/[N+](=O)[O-])N1CCc2cc(OC)c(OC)cc2C1. The van der Waals surface area contributed by atoms with Crippen LogP contribution in [0.4, 0.5) is 0 Å². The second-order valence-corrected chi connectivity index (χ2v) is 7.14. The molecular formula is C21H33N3O4. The number of fused-ring (bicyclic) bond motifs is 1. The van der Waals surface area contributed by atoms with Gasteiger partial charge >= 0.3 is 0 Å². The van der Waals surface area contributed by atoms with E-state index in [4.69, 9.17) is 9.47 Å². The molecule has 0 bridgehead atoms. The molecule has 1 aromatic carbocycles. The fourth-order valence-corrected chi connectivity index (χ4v) is 3.55. The number of methoxy groups -OCH3 is 2. The molecule has 0 fully saturated rings. The lowest BCUT2D eigenvalue weighted by Crippen LogP contribution is -2.37. The third-order valence-corrected chi connectivity index (χ3v) is 5.12. The zero-order valence-electron chi connectivity index (χ0n) is 17.3. The number of unbranched alkanes of at least 4 members (excludes halogenated alkanes) is 5. The number of nitro groups is 1. The predicted molar refractivity (Wildman–Crippen MR) is 110 cm³/mol. The minimum absolute atomic E-state index is 0.381. The first kappa shape index (κ1) is 21.9. The molecule has 1 aliphatic rings. The molecule has 0 unspecified atom stereocenters. The molecule has 0 aromatic heterocycles. The van der Waals surface area contributed by atoms with Crippen molar-refractivity contribution >= 4 is 0 Å². The third kappa shape index (κ3) is 6.32. The Kier molecular flexibility index (Phi) is 8.91. The maximum absolute atomic E-state index is 11.1. The summed E-state index contributed by atoms with van der Waals surface area (Å²) < 4.78 is 10.8. The van der Waals surface area contributed by atoms with E-state index in [9.17, 15) is 10.1 Å². The van der Waals surface area contributed by atoms with Gasteiger partial charge in [0.15, 0.2) is 17.3 Å². The number of rotatable bonds is 12. The fraction of sp³-hybridized carbons (Fsp3) is 0.619. The molecule has 0 aliphatic carbocycles. The van der Waals surface area contributed by atoms with Crippen molar-refractivity contribution in [2.75, 3.05) is 27.3 Å². The van der Waals surface area contributed by atoms with Crippen molar-refractivity contribution in [3.63, 3.8) is 0 Å². The Morgan fingerprint density at radius 1 is 1.14 bits per heavy atom. The van der Waals surface area contributed by atoms with Crippen LogP contribution in [0.15, 0.2) is 24.2 Å². The Morgan fingerprint density at radius 2 is 1.79 bits per heavy atom. The molecule has 0 spiro atoms. The first-order chi connectivity index (χ1) is 13.6. The summed E-state index contributed by atoms with van der Waals surface area (Å²) >= 11 is 0. The normalized spacial score (nSPS) is 13.8. The number of benzene rings is 1. The Balaban J connectivity index is 1.99. The molecular weight excluding hydrogens is 358 g/mol. The van der Waals surface area contributed by atoms with Crippen LogP contribution in [-0.2, 0) is 13.0 Å². The van der Waals surface area contributed by atoms with Crippen LogP contribution in [0.1, 0.15) is 56.6 Å². The van der Waals surface area contributed by atoms with E-state index in [2.05, 4.69) is 12.2 Å². The first-order valence-electron chi connectivity index (χ1n) is 10.2. The van der Waals surface area contributed by atoms with Crippen LogP contribution in [0.2, 0.25) is 0 Å². The minimum atomic E-state index is -0.381. The molecule has 0 radical (unpaired) electrons. The summed E-state index contributed by atoms with van der Waals surface area (Å²) in [6.07, 6.45) is 9.08. The molecule has 1 heterocycles. The van der Waals surface area contributed by atoms with Gasteiger partial charge in [-0.3, -0.25) is 10.1 Å². The highest BCUT2D eigenvalue weighted by atomic mass is 16.6. The highest BCUT2D eigenvalue weighted by Gasteiger charge is 2.22. The molecule has 0 amide bonds. The minimum Gasteiger partial charge on any atom is -0.493 e. The average Bonchev–Trinajstić information content (AvgIpc) is 2.70. The molecule has 156 valence electrons. The summed E-state index contributed by atoms with van der Waals surface area (Å²) in [5.74, 6) is 1.99. The third-order valence-electron chi connectivity index (χ3n) is 5.12. The topological polar surface area (TPSA) is 76.9 Å². The number of nitrogens with one attached hydrogen (secondary N) is 1. The predicted octanol–water partition coefficient (Wildman–Crippen LogP) is 4.09. The van der Waals surface area contributed by atoms with Crippen molar-refractivity contribution in [3.8, 4) is 11.5 Å². The van der Waals surface area contributed by atoms with Gasteiger partial charge < -0.3 is 19.7 Å². The standard InChI is InChI=1S/C21H33N3O4/c1-4-5-6-7-8-9-11-22-21(16-24(25)26)23-12-10-17-13-19(27-2)20(28-3)14-18(17)15-23/h13-14,16,22H,4-12,15H2,1-3H3/b21-16-. The van der Waals surface area contributed by atoms with Crippen molar-refractivity contribution in [1.29, 1.82) is 0 Å². The van der Waals surface area contributed by atoms with Crippen LogP contribution in [0.3, 0.4) is 0 Å². The number of hydrogen-bond donors (Lipinski definition) is 1. The van der Waals surface area contributed by atoms with Gasteiger partial charge in [0.2, 0.25) is 0 Å². The lowest BCUT2D eigenvalue weighted by atomic mass is 9.99. The van der Waals surface area contributed by atoms with Gasteiger partial charge in [-0.2, -0.15) is 0 Å². The monoisotopic (exact) mass is 391 g/mol. The lowest BCUT2D eigenvalue weighted by Gasteiger charge is -2.32. The molecule has 0 saturated carbocycles. The van der Waals surface area contributed by atoms with Crippen LogP contribution in [0.5, 0.6) is 11.5 Å². The van der Waals surface area contributed by atoms with E-state index in [1.54, 1.807) is 14.2 Å². The highest BCUT2D eigenvalue weighted by molar-refractivity contribution is 5.48. The summed E-state index contributed by atoms with van der Waals surface area (Å²) in [5, 5.41) is 14.4. The number of ether oxygens (including phenoxy) is 2. The van der Waals surface area contributed by atoms with E-state index in [0.29, 0.717) is 18.1 Å². The molecule has 7 nitrogen and oxygen atoms in total. The van der Waals surface area contributed by atoms with Crippen molar-refractivity contribution in [2.24, 2.45) is 0 Å². The van der Waals surface area contributed by atoms with E-state index < -0.39 is 0 Å². The molecule has 7 heteroatoms. The molecule has 1 aliphatic heterocycles. The largest absolute Gasteiger partial charge is 0.493 e. The van der Waals surface area contributed by atoms with Crippen LogP contribution in [0.25, 0.3) is 0 Å². The summed E-state index contributed by atoms with van der Waals surface area (Å²) in [5.41, 5.74) is 2.31.